The molecule has 0 aliphatic rings. The van der Waals surface area contributed by atoms with Crippen LogP contribution in [0.5, 0.6) is 0 Å². The number of nitrogens with zero attached hydrogens (tertiary/aromatic N) is 4. The Morgan fingerprint density at radius 1 is 1.09 bits per heavy atom. The van der Waals surface area contributed by atoms with Crippen LogP contribution in [0.15, 0.2) is 53.1 Å². The molecular formula is C15H9BrClN5. The lowest BCUT2D eigenvalue weighted by molar-refractivity contribution is 0.791. The van der Waals surface area contributed by atoms with Gasteiger partial charge in [0.2, 0.25) is 0 Å². The van der Waals surface area contributed by atoms with Crippen molar-refractivity contribution in [1.29, 1.82) is 0 Å². The first kappa shape index (κ1) is 13.5. The van der Waals surface area contributed by atoms with Crippen molar-refractivity contribution < 1.29 is 0 Å². The van der Waals surface area contributed by atoms with Crippen molar-refractivity contribution >= 4 is 38.4 Å². The number of tetrazole rings is 1. The lowest BCUT2D eigenvalue weighted by atomic mass is 10.1. The summed E-state index contributed by atoms with van der Waals surface area (Å²) in [5.41, 5.74) is 2.68. The molecule has 1 N–H and O–H groups in total. The first-order valence-corrected chi connectivity index (χ1v) is 7.71. The van der Waals surface area contributed by atoms with E-state index >= 15 is 0 Å². The standard InChI is InChI=1S/C15H9BrClN5/c16-9-4-6-10(7-5-9)22-15(19-20-21-22)12-8-18-14-11(12)2-1-3-13(14)17/h1-8,18H. The van der Waals surface area contributed by atoms with Gasteiger partial charge >= 0.3 is 0 Å². The van der Waals surface area contributed by atoms with Crippen LogP contribution < -0.4 is 0 Å². The minimum Gasteiger partial charge on any atom is -0.359 e. The van der Waals surface area contributed by atoms with Gasteiger partial charge in [-0.1, -0.05) is 39.7 Å². The maximum atomic E-state index is 6.21. The smallest absolute Gasteiger partial charge is 0.189 e. The molecule has 0 fully saturated rings. The van der Waals surface area contributed by atoms with Crippen LogP contribution >= 0.6 is 27.5 Å². The number of fused-ring (bicyclic) bond motifs is 1. The Morgan fingerprint density at radius 2 is 1.91 bits per heavy atom. The van der Waals surface area contributed by atoms with Crippen molar-refractivity contribution in [3.8, 4) is 17.1 Å². The van der Waals surface area contributed by atoms with Crippen molar-refractivity contribution in [1.82, 2.24) is 25.2 Å². The van der Waals surface area contributed by atoms with Gasteiger partial charge in [0.1, 0.15) is 0 Å². The van der Waals surface area contributed by atoms with Crippen LogP contribution in [0.3, 0.4) is 0 Å². The highest BCUT2D eigenvalue weighted by atomic mass is 79.9. The number of aromatic nitrogens is 5. The molecule has 0 saturated carbocycles. The van der Waals surface area contributed by atoms with Gasteiger partial charge in [-0.3, -0.25) is 0 Å². The second kappa shape index (κ2) is 5.23. The third kappa shape index (κ3) is 2.12. The molecule has 2 heterocycles. The maximum absolute atomic E-state index is 6.21. The predicted molar refractivity (Wildman–Crippen MR) is 89.2 cm³/mol. The molecule has 4 aromatic rings. The Bertz CT molecular complexity index is 958. The summed E-state index contributed by atoms with van der Waals surface area (Å²) in [6.45, 7) is 0. The van der Waals surface area contributed by atoms with Crippen LogP contribution in [-0.2, 0) is 0 Å². The van der Waals surface area contributed by atoms with E-state index in [1.54, 1.807) is 4.68 Å². The first-order valence-electron chi connectivity index (χ1n) is 6.54. The van der Waals surface area contributed by atoms with Crippen LogP contribution in [-0.4, -0.2) is 25.2 Å². The highest BCUT2D eigenvalue weighted by molar-refractivity contribution is 9.10. The minimum atomic E-state index is 0.663. The van der Waals surface area contributed by atoms with Crippen LogP contribution in [0, 0.1) is 0 Å². The molecule has 7 heteroatoms. The number of benzene rings is 2. The number of hydrogen-bond acceptors (Lipinski definition) is 3. The van der Waals surface area contributed by atoms with Crippen molar-refractivity contribution in [2.24, 2.45) is 0 Å². The van der Waals surface area contributed by atoms with E-state index in [9.17, 15) is 0 Å². The van der Waals surface area contributed by atoms with Gasteiger partial charge in [0.15, 0.2) is 5.82 Å². The van der Waals surface area contributed by atoms with E-state index < -0.39 is 0 Å². The van der Waals surface area contributed by atoms with Crippen LogP contribution in [0.25, 0.3) is 28.0 Å². The summed E-state index contributed by atoms with van der Waals surface area (Å²) < 4.78 is 2.71. The van der Waals surface area contributed by atoms with Crippen LogP contribution in [0.4, 0.5) is 0 Å². The van der Waals surface area contributed by atoms with Gasteiger partial charge in [0.05, 0.1) is 16.2 Å². The highest BCUT2D eigenvalue weighted by Crippen LogP contribution is 2.31. The number of aromatic amines is 1. The van der Waals surface area contributed by atoms with Gasteiger partial charge in [-0.25, -0.2) is 0 Å². The molecule has 0 spiro atoms. The summed E-state index contributed by atoms with van der Waals surface area (Å²) >= 11 is 9.64. The van der Waals surface area contributed by atoms with E-state index in [0.29, 0.717) is 10.8 Å². The largest absolute Gasteiger partial charge is 0.359 e. The fraction of sp³-hybridized carbons (Fsp3) is 0. The number of hydrogen-bond donors (Lipinski definition) is 1. The molecule has 5 nitrogen and oxygen atoms in total. The zero-order chi connectivity index (χ0) is 15.1. The Hall–Kier alpha value is -2.18. The summed E-state index contributed by atoms with van der Waals surface area (Å²) in [7, 11) is 0. The van der Waals surface area contributed by atoms with E-state index in [-0.39, 0.29) is 0 Å². The topological polar surface area (TPSA) is 59.4 Å². The second-order valence-corrected chi connectivity index (χ2v) is 6.08. The van der Waals surface area contributed by atoms with Crippen molar-refractivity contribution in [2.75, 3.05) is 0 Å². The Balaban J connectivity index is 1.92. The van der Waals surface area contributed by atoms with Crippen molar-refractivity contribution in [2.45, 2.75) is 0 Å². The molecule has 0 bridgehead atoms. The summed E-state index contributed by atoms with van der Waals surface area (Å²) in [4.78, 5) is 3.18. The van der Waals surface area contributed by atoms with Crippen LogP contribution in [0.1, 0.15) is 0 Å². The Morgan fingerprint density at radius 3 is 2.73 bits per heavy atom. The summed E-state index contributed by atoms with van der Waals surface area (Å²) in [6.07, 6.45) is 1.87. The molecule has 0 atom stereocenters. The van der Waals surface area contributed by atoms with Crippen LogP contribution in [0.2, 0.25) is 5.02 Å². The van der Waals surface area contributed by atoms with Crippen molar-refractivity contribution in [3.05, 3.63) is 58.2 Å². The van der Waals surface area contributed by atoms with Gasteiger partial charge in [-0.15, -0.1) is 5.10 Å². The average molecular weight is 375 g/mol. The van der Waals surface area contributed by atoms with E-state index in [1.807, 2.05) is 48.7 Å². The first-order chi connectivity index (χ1) is 10.7. The molecule has 0 aliphatic carbocycles. The number of nitrogens with one attached hydrogen (secondary N) is 1. The summed E-state index contributed by atoms with van der Waals surface area (Å²) in [5.74, 6) is 0.663. The molecule has 0 radical (unpaired) electrons. The van der Waals surface area contributed by atoms with Gasteiger partial charge in [0, 0.05) is 21.6 Å². The SMILES string of the molecule is Clc1cccc2c(-c3nnnn3-c3ccc(Br)cc3)c[nH]c12. The second-order valence-electron chi connectivity index (χ2n) is 4.76. The fourth-order valence-corrected chi connectivity index (χ4v) is 2.91. The van der Waals surface area contributed by atoms with Gasteiger partial charge in [0.25, 0.3) is 0 Å². The zero-order valence-electron chi connectivity index (χ0n) is 11.2. The average Bonchev–Trinajstić information content (AvgIpc) is 3.14. The fourth-order valence-electron chi connectivity index (χ4n) is 2.41. The van der Waals surface area contributed by atoms with Gasteiger partial charge in [-0.05, 0) is 40.8 Å². The Labute approximate surface area is 139 Å². The van der Waals surface area contributed by atoms with Gasteiger partial charge in [-0.2, -0.15) is 4.68 Å². The van der Waals surface area contributed by atoms with E-state index in [2.05, 4.69) is 36.4 Å². The summed E-state index contributed by atoms with van der Waals surface area (Å²) in [5, 5.41) is 13.7. The van der Waals surface area contributed by atoms with E-state index in [1.165, 1.54) is 0 Å². The van der Waals surface area contributed by atoms with Gasteiger partial charge < -0.3 is 4.98 Å². The highest BCUT2D eigenvalue weighted by Gasteiger charge is 2.15. The quantitative estimate of drug-likeness (QED) is 0.571. The minimum absolute atomic E-state index is 0.663. The maximum Gasteiger partial charge on any atom is 0.189 e. The Kier molecular flexibility index (Phi) is 3.20. The molecular weight excluding hydrogens is 366 g/mol. The molecule has 4 rings (SSSR count). The number of halogens is 2. The molecule has 0 unspecified atom stereocenters. The predicted octanol–water partition coefficient (Wildman–Crippen LogP) is 4.23. The normalized spacial score (nSPS) is 11.2. The zero-order valence-corrected chi connectivity index (χ0v) is 13.5. The molecule has 2 aromatic carbocycles. The summed E-state index contributed by atoms with van der Waals surface area (Å²) in [6, 6.07) is 13.6. The molecule has 22 heavy (non-hydrogen) atoms. The molecule has 2 aromatic heterocycles. The third-order valence-electron chi connectivity index (χ3n) is 3.45. The molecule has 0 saturated heterocycles. The molecule has 0 aliphatic heterocycles. The molecule has 108 valence electrons. The number of para-hydroxylation sites is 1. The monoisotopic (exact) mass is 373 g/mol. The number of H-pyrrole nitrogens is 1. The lowest BCUT2D eigenvalue weighted by Crippen LogP contribution is -1.99. The van der Waals surface area contributed by atoms with Crippen molar-refractivity contribution in [3.63, 3.8) is 0 Å². The van der Waals surface area contributed by atoms with E-state index in [4.69, 9.17) is 11.6 Å². The molecule has 0 amide bonds. The van der Waals surface area contributed by atoms with E-state index in [0.717, 1.165) is 26.6 Å². The lowest BCUT2D eigenvalue weighted by Gasteiger charge is -2.04. The third-order valence-corrected chi connectivity index (χ3v) is 4.29. The number of rotatable bonds is 2.